The number of likely N-dealkylation sites (tertiary alicyclic amines) is 1. The van der Waals surface area contributed by atoms with E-state index in [-0.39, 0.29) is 18.0 Å². The van der Waals surface area contributed by atoms with Gasteiger partial charge in [-0.25, -0.2) is 9.37 Å². The first-order valence-electron chi connectivity index (χ1n) is 10.4. The van der Waals surface area contributed by atoms with Crippen LogP contribution in [0.1, 0.15) is 29.7 Å². The van der Waals surface area contributed by atoms with Crippen molar-refractivity contribution in [1.82, 2.24) is 14.9 Å². The first kappa shape index (κ1) is 20.4. The first-order valence-corrected chi connectivity index (χ1v) is 10.4. The molecular weight excluding hydrogens is 381 g/mol. The summed E-state index contributed by atoms with van der Waals surface area (Å²) >= 11 is 0. The van der Waals surface area contributed by atoms with Crippen LogP contribution >= 0.6 is 0 Å². The predicted molar refractivity (Wildman–Crippen MR) is 115 cm³/mol. The minimum atomic E-state index is -0.297. The molecule has 1 aliphatic rings. The molecule has 0 aliphatic carbocycles. The SMILES string of the molecule is O=c1cc(Cc2cccc(F)c2)nc(-c2ccc(CN3CCC(CO)CC3)cc2)[nH]1. The van der Waals surface area contributed by atoms with E-state index in [4.69, 9.17) is 0 Å². The van der Waals surface area contributed by atoms with E-state index in [1.165, 1.54) is 23.8 Å². The Labute approximate surface area is 175 Å². The van der Waals surface area contributed by atoms with Crippen LogP contribution in [0, 0.1) is 11.7 Å². The molecule has 1 saturated heterocycles. The lowest BCUT2D eigenvalue weighted by Gasteiger charge is -2.31. The average molecular weight is 407 g/mol. The Morgan fingerprint density at radius 1 is 1.07 bits per heavy atom. The van der Waals surface area contributed by atoms with Crippen LogP contribution in [0.2, 0.25) is 0 Å². The Kier molecular flexibility index (Phi) is 6.35. The Balaban J connectivity index is 1.46. The molecule has 30 heavy (non-hydrogen) atoms. The van der Waals surface area contributed by atoms with E-state index in [1.807, 2.05) is 18.2 Å². The summed E-state index contributed by atoms with van der Waals surface area (Å²) in [7, 11) is 0. The van der Waals surface area contributed by atoms with Crippen LogP contribution in [0.15, 0.2) is 59.4 Å². The highest BCUT2D eigenvalue weighted by molar-refractivity contribution is 5.55. The molecule has 2 aromatic carbocycles. The van der Waals surface area contributed by atoms with Crippen LogP contribution < -0.4 is 5.56 Å². The number of piperidine rings is 1. The summed E-state index contributed by atoms with van der Waals surface area (Å²) in [6, 6.07) is 15.9. The number of aromatic nitrogens is 2. The van der Waals surface area contributed by atoms with E-state index in [0.29, 0.717) is 23.9 Å². The van der Waals surface area contributed by atoms with Gasteiger partial charge in [0, 0.05) is 31.2 Å². The van der Waals surface area contributed by atoms with Gasteiger partial charge < -0.3 is 10.1 Å². The number of hydrogen-bond acceptors (Lipinski definition) is 4. The van der Waals surface area contributed by atoms with Crippen molar-refractivity contribution >= 4 is 0 Å². The highest BCUT2D eigenvalue weighted by Gasteiger charge is 2.18. The van der Waals surface area contributed by atoms with Crippen molar-refractivity contribution in [3.63, 3.8) is 0 Å². The highest BCUT2D eigenvalue weighted by Crippen LogP contribution is 2.20. The van der Waals surface area contributed by atoms with Gasteiger partial charge in [-0.15, -0.1) is 0 Å². The van der Waals surface area contributed by atoms with Gasteiger partial charge >= 0.3 is 0 Å². The molecule has 156 valence electrons. The van der Waals surface area contributed by atoms with Crippen LogP contribution in [-0.2, 0) is 13.0 Å². The number of nitrogens with one attached hydrogen (secondary N) is 1. The molecule has 1 aromatic heterocycles. The summed E-state index contributed by atoms with van der Waals surface area (Å²) < 4.78 is 13.4. The van der Waals surface area contributed by atoms with Crippen molar-refractivity contribution in [2.24, 2.45) is 5.92 Å². The van der Waals surface area contributed by atoms with Crippen LogP contribution in [0.4, 0.5) is 4.39 Å². The van der Waals surface area contributed by atoms with Crippen molar-refractivity contribution in [3.05, 3.63) is 87.6 Å². The van der Waals surface area contributed by atoms with Gasteiger partial charge in [0.15, 0.2) is 0 Å². The van der Waals surface area contributed by atoms with Crippen LogP contribution in [-0.4, -0.2) is 39.7 Å². The third-order valence-electron chi connectivity index (χ3n) is 5.67. The number of benzene rings is 2. The molecule has 2 heterocycles. The molecule has 0 amide bonds. The van der Waals surface area contributed by atoms with E-state index in [1.54, 1.807) is 6.07 Å². The van der Waals surface area contributed by atoms with E-state index in [2.05, 4.69) is 27.0 Å². The summed E-state index contributed by atoms with van der Waals surface area (Å²) in [6.45, 7) is 3.17. The summed E-state index contributed by atoms with van der Waals surface area (Å²) in [5.74, 6) is 0.657. The number of rotatable bonds is 6. The Hall–Kier alpha value is -2.83. The molecule has 0 radical (unpaired) electrons. The third kappa shape index (κ3) is 5.20. The van der Waals surface area contributed by atoms with E-state index in [0.717, 1.165) is 43.6 Å². The molecule has 3 aromatic rings. The first-order chi connectivity index (χ1) is 14.6. The van der Waals surface area contributed by atoms with Gasteiger partial charge in [0.25, 0.3) is 5.56 Å². The fraction of sp³-hybridized carbons (Fsp3) is 0.333. The minimum absolute atomic E-state index is 0.220. The maximum atomic E-state index is 13.4. The largest absolute Gasteiger partial charge is 0.396 e. The van der Waals surface area contributed by atoms with E-state index in [9.17, 15) is 14.3 Å². The average Bonchev–Trinajstić information content (AvgIpc) is 2.74. The summed E-state index contributed by atoms with van der Waals surface area (Å²) in [5, 5.41) is 9.27. The lowest BCUT2D eigenvalue weighted by atomic mass is 9.97. The zero-order valence-electron chi connectivity index (χ0n) is 16.9. The van der Waals surface area contributed by atoms with Gasteiger partial charge in [0.1, 0.15) is 11.6 Å². The van der Waals surface area contributed by atoms with Gasteiger partial charge in [0.2, 0.25) is 0 Å². The maximum Gasteiger partial charge on any atom is 0.251 e. The van der Waals surface area contributed by atoms with Gasteiger partial charge in [0.05, 0.1) is 5.69 Å². The van der Waals surface area contributed by atoms with E-state index < -0.39 is 0 Å². The van der Waals surface area contributed by atoms with Gasteiger partial charge in [-0.3, -0.25) is 9.69 Å². The van der Waals surface area contributed by atoms with E-state index >= 15 is 0 Å². The number of aromatic amines is 1. The highest BCUT2D eigenvalue weighted by atomic mass is 19.1. The molecule has 6 heteroatoms. The number of hydrogen-bond donors (Lipinski definition) is 2. The van der Waals surface area contributed by atoms with Crippen molar-refractivity contribution in [2.45, 2.75) is 25.8 Å². The number of halogens is 1. The van der Waals surface area contributed by atoms with Crippen LogP contribution in [0.5, 0.6) is 0 Å². The number of nitrogens with zero attached hydrogens (tertiary/aromatic N) is 2. The van der Waals surface area contributed by atoms with Crippen molar-refractivity contribution < 1.29 is 9.50 Å². The molecule has 1 aliphatic heterocycles. The summed E-state index contributed by atoms with van der Waals surface area (Å²) in [6.07, 6.45) is 2.48. The van der Waals surface area contributed by atoms with Crippen molar-refractivity contribution in [3.8, 4) is 11.4 Å². The quantitative estimate of drug-likeness (QED) is 0.657. The lowest BCUT2D eigenvalue weighted by Crippen LogP contribution is -2.34. The third-order valence-corrected chi connectivity index (χ3v) is 5.67. The molecular formula is C24H26FN3O2. The number of aliphatic hydroxyl groups is 1. The van der Waals surface area contributed by atoms with Gasteiger partial charge in [-0.2, -0.15) is 0 Å². The second-order valence-corrected chi connectivity index (χ2v) is 7.99. The normalized spacial score (nSPS) is 15.4. The van der Waals surface area contributed by atoms with Crippen molar-refractivity contribution in [2.75, 3.05) is 19.7 Å². The molecule has 0 bridgehead atoms. The molecule has 0 spiro atoms. The zero-order chi connectivity index (χ0) is 20.9. The molecule has 0 saturated carbocycles. The number of H-pyrrole nitrogens is 1. The monoisotopic (exact) mass is 407 g/mol. The Bertz CT molecular complexity index is 1040. The molecule has 5 nitrogen and oxygen atoms in total. The maximum absolute atomic E-state index is 13.4. The zero-order valence-corrected chi connectivity index (χ0v) is 16.9. The predicted octanol–water partition coefficient (Wildman–Crippen LogP) is 3.37. The topological polar surface area (TPSA) is 69.2 Å². The Morgan fingerprint density at radius 3 is 2.53 bits per heavy atom. The standard InChI is InChI=1S/C24H26FN3O2/c25-21-3-1-2-19(12-21)13-22-14-23(30)27-24(26-22)20-6-4-17(5-7-20)15-28-10-8-18(16-29)9-11-28/h1-7,12,14,18,29H,8-11,13,15-16H2,(H,26,27,30). The molecule has 2 N–H and O–H groups in total. The minimum Gasteiger partial charge on any atom is -0.396 e. The van der Waals surface area contributed by atoms with Crippen LogP contribution in [0.3, 0.4) is 0 Å². The molecule has 0 atom stereocenters. The molecule has 4 rings (SSSR count). The van der Waals surface area contributed by atoms with Gasteiger partial charge in [-0.1, -0.05) is 36.4 Å². The number of aliphatic hydroxyl groups excluding tert-OH is 1. The lowest BCUT2D eigenvalue weighted by molar-refractivity contribution is 0.127. The molecule has 1 fully saturated rings. The fourth-order valence-corrected chi connectivity index (χ4v) is 3.94. The van der Waals surface area contributed by atoms with Crippen LogP contribution in [0.25, 0.3) is 11.4 Å². The fourth-order valence-electron chi connectivity index (χ4n) is 3.94. The van der Waals surface area contributed by atoms with Crippen molar-refractivity contribution in [1.29, 1.82) is 0 Å². The summed E-state index contributed by atoms with van der Waals surface area (Å²) in [5.41, 5.74) is 3.21. The molecule has 0 unspecified atom stereocenters. The summed E-state index contributed by atoms with van der Waals surface area (Å²) in [4.78, 5) is 21.9. The Morgan fingerprint density at radius 2 is 1.83 bits per heavy atom. The van der Waals surface area contributed by atoms with Gasteiger partial charge in [-0.05, 0) is 55.1 Å². The second-order valence-electron chi connectivity index (χ2n) is 7.99. The second kappa shape index (κ2) is 9.32. The smallest absolute Gasteiger partial charge is 0.251 e.